The van der Waals surface area contributed by atoms with Crippen LogP contribution in [-0.4, -0.2) is 21.1 Å². The van der Waals surface area contributed by atoms with Gasteiger partial charge in [-0.25, -0.2) is 9.37 Å². The van der Waals surface area contributed by atoms with Gasteiger partial charge in [-0.1, -0.05) is 11.6 Å². The molecule has 2 aromatic heterocycles. The Kier molecular flexibility index (Phi) is 5.32. The predicted octanol–water partition coefficient (Wildman–Crippen LogP) is 7.52. The van der Waals surface area contributed by atoms with Crippen molar-refractivity contribution in [2.75, 3.05) is 0 Å². The lowest BCUT2D eigenvalue weighted by atomic mass is 9.73. The van der Waals surface area contributed by atoms with Gasteiger partial charge in [0.25, 0.3) is 0 Å². The van der Waals surface area contributed by atoms with Crippen molar-refractivity contribution in [2.24, 2.45) is 5.92 Å². The largest absolute Gasteiger partial charge is 0.399 e. The first-order valence-corrected chi connectivity index (χ1v) is 10.9. The molecule has 1 aliphatic carbocycles. The number of hydrogen-bond donors (Lipinski definition) is 1. The van der Waals surface area contributed by atoms with Crippen molar-refractivity contribution < 1.29 is 17.6 Å². The molecule has 1 atom stereocenters. The molecule has 0 radical (unpaired) electrons. The fraction of sp³-hybridized carbons (Fsp3) is 0.333. The van der Waals surface area contributed by atoms with Gasteiger partial charge in [0.05, 0.1) is 16.6 Å². The molecule has 8 heteroatoms. The maximum Gasteiger partial charge on any atom is 0.399 e. The van der Waals surface area contributed by atoms with E-state index in [0.717, 1.165) is 10.9 Å². The Morgan fingerprint density at radius 1 is 0.969 bits per heavy atom. The molecule has 0 amide bonds. The van der Waals surface area contributed by atoms with E-state index in [1.54, 1.807) is 30.5 Å². The number of nitrogens with zero attached hydrogens (tertiary/aromatic N) is 2. The zero-order valence-electron chi connectivity index (χ0n) is 17.0. The third kappa shape index (κ3) is 3.94. The summed E-state index contributed by atoms with van der Waals surface area (Å²) in [4.78, 5) is 11.4. The monoisotopic (exact) mass is 461 g/mol. The highest BCUT2D eigenvalue weighted by Gasteiger charge is 2.48. The highest BCUT2D eigenvalue weighted by Crippen LogP contribution is 2.48. The molecule has 1 N–H and O–H groups in total. The van der Waals surface area contributed by atoms with Crippen LogP contribution in [0.4, 0.5) is 17.6 Å². The van der Waals surface area contributed by atoms with Gasteiger partial charge in [-0.15, -0.1) is 0 Å². The summed E-state index contributed by atoms with van der Waals surface area (Å²) in [5.74, 6) is -2.58. The van der Waals surface area contributed by atoms with E-state index in [1.807, 2.05) is 6.07 Å². The number of fused-ring (bicyclic) bond motifs is 2. The highest BCUT2D eigenvalue weighted by molar-refractivity contribution is 6.31. The van der Waals surface area contributed by atoms with E-state index < -0.39 is 18.0 Å². The first kappa shape index (κ1) is 21.2. The summed E-state index contributed by atoms with van der Waals surface area (Å²) in [6.45, 7) is 0. The van der Waals surface area contributed by atoms with Crippen LogP contribution in [0.15, 0.2) is 48.7 Å². The van der Waals surface area contributed by atoms with E-state index in [0.29, 0.717) is 47.3 Å². The molecule has 0 saturated heterocycles. The van der Waals surface area contributed by atoms with Gasteiger partial charge >= 0.3 is 6.18 Å². The smallest absolute Gasteiger partial charge is 0.341 e. The highest BCUT2D eigenvalue weighted by atomic mass is 35.5. The standard InChI is InChI=1S/C24H20ClF4N3/c25-15-5-7-20-21(11-15)32-23(31-20)22(24(27,28)29)14-3-1-13(2-4-14)17-9-10-30-19-8-6-16(26)12-18(17)19/h5-14,22H,1-4H2,(H,31,32)/t13?,14?,22-/m1/s1. The second-order valence-corrected chi connectivity index (χ2v) is 8.91. The van der Waals surface area contributed by atoms with E-state index in [-0.39, 0.29) is 17.6 Å². The van der Waals surface area contributed by atoms with Crippen LogP contribution in [0.2, 0.25) is 5.02 Å². The number of pyridine rings is 1. The van der Waals surface area contributed by atoms with E-state index in [4.69, 9.17) is 11.6 Å². The fourth-order valence-electron chi connectivity index (χ4n) is 5.05. The third-order valence-corrected chi connectivity index (χ3v) is 6.77. The van der Waals surface area contributed by atoms with Crippen LogP contribution in [-0.2, 0) is 0 Å². The Bertz CT molecular complexity index is 1280. The number of halogens is 5. The van der Waals surface area contributed by atoms with Crippen LogP contribution in [0.3, 0.4) is 0 Å². The number of hydrogen-bond acceptors (Lipinski definition) is 2. The second kappa shape index (κ2) is 8.03. The minimum absolute atomic E-state index is 0.0605. The maximum absolute atomic E-state index is 14.1. The molecule has 166 valence electrons. The van der Waals surface area contributed by atoms with Gasteiger partial charge in [-0.2, -0.15) is 13.2 Å². The molecule has 1 saturated carbocycles. The molecular formula is C24H20ClF4N3. The molecule has 0 spiro atoms. The quantitative estimate of drug-likeness (QED) is 0.320. The van der Waals surface area contributed by atoms with Crippen LogP contribution in [0.5, 0.6) is 0 Å². The molecule has 3 nitrogen and oxygen atoms in total. The minimum atomic E-state index is -4.42. The average Bonchev–Trinajstić information content (AvgIpc) is 3.15. The number of benzene rings is 2. The summed E-state index contributed by atoms with van der Waals surface area (Å²) in [7, 11) is 0. The Hall–Kier alpha value is -2.67. The van der Waals surface area contributed by atoms with Crippen LogP contribution in [0, 0.1) is 11.7 Å². The van der Waals surface area contributed by atoms with Gasteiger partial charge in [0, 0.05) is 16.6 Å². The lowest BCUT2D eigenvalue weighted by molar-refractivity contribution is -0.166. The summed E-state index contributed by atoms with van der Waals surface area (Å²) < 4.78 is 56.2. The number of aromatic amines is 1. The molecule has 0 aliphatic heterocycles. The SMILES string of the molecule is Fc1ccc2nccc(C3CCC([C@H](c4nc5cc(Cl)ccc5[nH]4)C(F)(F)F)CC3)c2c1. The third-order valence-electron chi connectivity index (χ3n) is 6.53. The van der Waals surface area contributed by atoms with Gasteiger partial charge in [0.1, 0.15) is 17.6 Å². The van der Waals surface area contributed by atoms with Crippen molar-refractivity contribution in [3.05, 3.63) is 70.9 Å². The average molecular weight is 462 g/mol. The molecular weight excluding hydrogens is 442 g/mol. The van der Waals surface area contributed by atoms with Gasteiger partial charge in [0.15, 0.2) is 0 Å². The zero-order chi connectivity index (χ0) is 22.5. The van der Waals surface area contributed by atoms with Crippen molar-refractivity contribution in [1.82, 2.24) is 15.0 Å². The van der Waals surface area contributed by atoms with Crippen LogP contribution in [0.25, 0.3) is 21.9 Å². The van der Waals surface area contributed by atoms with Gasteiger partial charge < -0.3 is 4.98 Å². The lowest BCUT2D eigenvalue weighted by Gasteiger charge is -2.34. The first-order valence-electron chi connectivity index (χ1n) is 10.6. The Morgan fingerprint density at radius 2 is 1.75 bits per heavy atom. The zero-order valence-corrected chi connectivity index (χ0v) is 17.7. The Labute approximate surface area is 186 Å². The summed E-state index contributed by atoms with van der Waals surface area (Å²) in [6.07, 6.45) is -0.725. The van der Waals surface area contributed by atoms with Crippen LogP contribution in [0.1, 0.15) is 48.9 Å². The summed E-state index contributed by atoms with van der Waals surface area (Å²) in [6, 6.07) is 11.2. The van der Waals surface area contributed by atoms with Crippen molar-refractivity contribution >= 4 is 33.5 Å². The number of rotatable bonds is 3. The molecule has 1 fully saturated rings. The van der Waals surface area contributed by atoms with Gasteiger partial charge in [0.2, 0.25) is 0 Å². The summed E-state index contributed by atoms with van der Waals surface area (Å²) in [5.41, 5.74) is 2.62. The van der Waals surface area contributed by atoms with E-state index in [1.165, 1.54) is 12.1 Å². The number of aromatic nitrogens is 3. The van der Waals surface area contributed by atoms with E-state index >= 15 is 0 Å². The van der Waals surface area contributed by atoms with E-state index in [2.05, 4.69) is 15.0 Å². The Balaban J connectivity index is 1.41. The fourth-order valence-corrected chi connectivity index (χ4v) is 5.22. The molecule has 2 heterocycles. The summed E-state index contributed by atoms with van der Waals surface area (Å²) in [5, 5.41) is 1.16. The molecule has 5 rings (SSSR count). The first-order chi connectivity index (χ1) is 15.3. The van der Waals surface area contributed by atoms with Gasteiger partial charge in [-0.05, 0) is 85.5 Å². The lowest BCUT2D eigenvalue weighted by Crippen LogP contribution is -2.31. The van der Waals surface area contributed by atoms with Crippen molar-refractivity contribution in [3.8, 4) is 0 Å². The minimum Gasteiger partial charge on any atom is -0.341 e. The molecule has 4 aromatic rings. The molecule has 0 unspecified atom stereocenters. The normalized spacial score (nSPS) is 20.7. The molecule has 1 aliphatic rings. The van der Waals surface area contributed by atoms with Crippen LogP contribution >= 0.6 is 11.6 Å². The second-order valence-electron chi connectivity index (χ2n) is 8.48. The number of nitrogens with one attached hydrogen (secondary N) is 1. The van der Waals surface area contributed by atoms with Crippen LogP contribution < -0.4 is 0 Å². The topological polar surface area (TPSA) is 41.6 Å². The number of imidazole rings is 1. The molecule has 32 heavy (non-hydrogen) atoms. The Morgan fingerprint density at radius 3 is 2.50 bits per heavy atom. The van der Waals surface area contributed by atoms with Crippen molar-refractivity contribution in [2.45, 2.75) is 43.7 Å². The van der Waals surface area contributed by atoms with E-state index in [9.17, 15) is 17.6 Å². The predicted molar refractivity (Wildman–Crippen MR) is 116 cm³/mol. The maximum atomic E-state index is 14.1. The van der Waals surface area contributed by atoms with Crippen molar-refractivity contribution in [3.63, 3.8) is 0 Å². The number of alkyl halides is 3. The number of H-pyrrole nitrogens is 1. The van der Waals surface area contributed by atoms with Crippen molar-refractivity contribution in [1.29, 1.82) is 0 Å². The summed E-state index contributed by atoms with van der Waals surface area (Å²) >= 11 is 5.97. The molecule has 0 bridgehead atoms. The van der Waals surface area contributed by atoms with Gasteiger partial charge in [-0.3, -0.25) is 4.98 Å². The molecule has 2 aromatic carbocycles.